The van der Waals surface area contributed by atoms with Gasteiger partial charge in [0.05, 0.1) is 24.9 Å². The van der Waals surface area contributed by atoms with Crippen LogP contribution in [-0.2, 0) is 4.79 Å². The zero-order valence-corrected chi connectivity index (χ0v) is 17.5. The number of carbonyl (C=O) groups excluding carboxylic acids is 2. The highest BCUT2D eigenvalue weighted by atomic mass is 32.2. The molecule has 1 saturated heterocycles. The quantitative estimate of drug-likeness (QED) is 0.780. The maximum atomic E-state index is 13.4. The van der Waals surface area contributed by atoms with Gasteiger partial charge < -0.3 is 19.7 Å². The lowest BCUT2D eigenvalue weighted by Gasteiger charge is -2.26. The maximum Gasteiger partial charge on any atom is 0.254 e. The third-order valence-electron chi connectivity index (χ3n) is 5.76. The molecule has 156 valence electrons. The molecule has 3 aliphatic rings. The fourth-order valence-electron chi connectivity index (χ4n) is 4.26. The Morgan fingerprint density at radius 2 is 1.93 bits per heavy atom. The number of rotatable bonds is 2. The summed E-state index contributed by atoms with van der Waals surface area (Å²) in [4.78, 5) is 28.2. The normalized spacial score (nSPS) is 20.7. The van der Waals surface area contributed by atoms with E-state index in [4.69, 9.17) is 9.47 Å². The van der Waals surface area contributed by atoms with Gasteiger partial charge in [-0.25, -0.2) is 0 Å². The number of anilines is 1. The van der Waals surface area contributed by atoms with Crippen molar-refractivity contribution >= 4 is 29.3 Å². The Bertz CT molecular complexity index is 993. The fourth-order valence-corrected chi connectivity index (χ4v) is 5.20. The summed E-state index contributed by atoms with van der Waals surface area (Å²) in [7, 11) is 0. The number of nitrogens with one attached hydrogen (secondary N) is 1. The molecule has 1 N–H and O–H groups in total. The molecule has 7 heteroatoms. The van der Waals surface area contributed by atoms with Gasteiger partial charge in [-0.05, 0) is 48.7 Å². The predicted molar refractivity (Wildman–Crippen MR) is 115 cm³/mol. The summed E-state index contributed by atoms with van der Waals surface area (Å²) in [5.41, 5.74) is 2.42. The molecule has 3 aliphatic heterocycles. The van der Waals surface area contributed by atoms with Crippen molar-refractivity contribution in [2.75, 3.05) is 30.8 Å². The smallest absolute Gasteiger partial charge is 0.254 e. The van der Waals surface area contributed by atoms with Gasteiger partial charge in [0.2, 0.25) is 5.91 Å². The number of ether oxygens (including phenoxy) is 2. The van der Waals surface area contributed by atoms with Crippen LogP contribution in [0.4, 0.5) is 5.69 Å². The van der Waals surface area contributed by atoms with Crippen LogP contribution >= 0.6 is 11.8 Å². The average molecular weight is 425 g/mol. The van der Waals surface area contributed by atoms with E-state index in [9.17, 15) is 9.59 Å². The highest BCUT2D eigenvalue weighted by Gasteiger charge is 2.32. The molecule has 2 aromatic rings. The minimum atomic E-state index is -0.00379. The van der Waals surface area contributed by atoms with Crippen LogP contribution in [-0.4, -0.2) is 42.2 Å². The molecule has 0 aromatic heterocycles. The van der Waals surface area contributed by atoms with E-state index < -0.39 is 0 Å². The Morgan fingerprint density at radius 3 is 2.83 bits per heavy atom. The lowest BCUT2D eigenvalue weighted by molar-refractivity contribution is -0.115. The van der Waals surface area contributed by atoms with Gasteiger partial charge in [0.1, 0.15) is 0 Å². The minimum Gasteiger partial charge on any atom is -0.490 e. The number of carbonyl (C=O) groups is 2. The second kappa shape index (κ2) is 8.22. The molecule has 2 aromatic carbocycles. The van der Waals surface area contributed by atoms with Crippen molar-refractivity contribution in [3.8, 4) is 11.5 Å². The first kappa shape index (κ1) is 19.3. The number of benzene rings is 2. The Balaban J connectivity index is 1.41. The Labute approximate surface area is 179 Å². The molecule has 0 aliphatic carbocycles. The van der Waals surface area contributed by atoms with Crippen LogP contribution in [0.3, 0.4) is 0 Å². The highest BCUT2D eigenvalue weighted by Crippen LogP contribution is 2.39. The molecular formula is C23H24N2O4S. The van der Waals surface area contributed by atoms with Gasteiger partial charge in [-0.2, -0.15) is 0 Å². The first-order valence-corrected chi connectivity index (χ1v) is 11.4. The lowest BCUT2D eigenvalue weighted by atomic mass is 10.0. The highest BCUT2D eigenvalue weighted by molar-refractivity contribution is 7.99. The van der Waals surface area contributed by atoms with Crippen LogP contribution in [0.5, 0.6) is 11.5 Å². The van der Waals surface area contributed by atoms with Gasteiger partial charge in [-0.1, -0.05) is 6.07 Å². The Kier molecular flexibility index (Phi) is 5.29. The summed E-state index contributed by atoms with van der Waals surface area (Å²) < 4.78 is 11.6. The van der Waals surface area contributed by atoms with Crippen molar-refractivity contribution < 1.29 is 19.1 Å². The summed E-state index contributed by atoms with van der Waals surface area (Å²) in [6, 6.07) is 11.6. The van der Waals surface area contributed by atoms with E-state index in [1.165, 1.54) is 0 Å². The van der Waals surface area contributed by atoms with Crippen LogP contribution in [0.2, 0.25) is 0 Å². The number of thioether (sulfide) groups is 1. The monoisotopic (exact) mass is 424 g/mol. The summed E-state index contributed by atoms with van der Waals surface area (Å²) >= 11 is 1.64. The van der Waals surface area contributed by atoms with Crippen LogP contribution < -0.4 is 14.8 Å². The SMILES string of the molecule is O=C1CCSc2ccc(C(=O)N3CCC[C@@H]3c3ccc4c(c3)OCCCO4)cc2N1. The summed E-state index contributed by atoms with van der Waals surface area (Å²) in [5, 5.41) is 2.93. The van der Waals surface area contributed by atoms with Crippen LogP contribution in [0, 0.1) is 0 Å². The molecule has 1 fully saturated rings. The van der Waals surface area contributed by atoms with Crippen molar-refractivity contribution in [2.24, 2.45) is 0 Å². The summed E-state index contributed by atoms with van der Waals surface area (Å²) in [6.45, 7) is 2.02. The molecule has 0 spiro atoms. The van der Waals surface area contributed by atoms with E-state index in [-0.39, 0.29) is 17.9 Å². The van der Waals surface area contributed by atoms with Gasteiger partial charge in [0, 0.05) is 35.6 Å². The topological polar surface area (TPSA) is 67.9 Å². The van der Waals surface area contributed by atoms with E-state index in [1.807, 2.05) is 41.3 Å². The summed E-state index contributed by atoms with van der Waals surface area (Å²) in [5.74, 6) is 2.28. The van der Waals surface area contributed by atoms with Crippen molar-refractivity contribution in [1.82, 2.24) is 4.90 Å². The third kappa shape index (κ3) is 3.74. The second-order valence-electron chi connectivity index (χ2n) is 7.77. The number of hydrogen-bond acceptors (Lipinski definition) is 5. The van der Waals surface area contributed by atoms with E-state index in [2.05, 4.69) is 5.32 Å². The Morgan fingerprint density at radius 1 is 1.07 bits per heavy atom. The van der Waals surface area contributed by atoms with E-state index in [0.29, 0.717) is 25.2 Å². The number of amides is 2. The molecule has 5 rings (SSSR count). The lowest BCUT2D eigenvalue weighted by Crippen LogP contribution is -2.30. The molecule has 6 nitrogen and oxygen atoms in total. The van der Waals surface area contributed by atoms with E-state index in [1.54, 1.807) is 11.8 Å². The minimum absolute atomic E-state index is 0.00269. The Hall–Kier alpha value is -2.67. The summed E-state index contributed by atoms with van der Waals surface area (Å²) in [6.07, 6.45) is 3.23. The number of nitrogens with zero attached hydrogens (tertiary/aromatic N) is 1. The zero-order valence-electron chi connectivity index (χ0n) is 16.7. The van der Waals surface area contributed by atoms with Gasteiger partial charge in [-0.15, -0.1) is 11.8 Å². The van der Waals surface area contributed by atoms with Crippen LogP contribution in [0.25, 0.3) is 0 Å². The molecule has 0 radical (unpaired) electrons. The van der Waals surface area contributed by atoms with Crippen molar-refractivity contribution in [3.05, 3.63) is 47.5 Å². The third-order valence-corrected chi connectivity index (χ3v) is 6.83. The first-order valence-electron chi connectivity index (χ1n) is 10.5. The maximum absolute atomic E-state index is 13.4. The van der Waals surface area contributed by atoms with E-state index in [0.717, 1.165) is 59.2 Å². The van der Waals surface area contributed by atoms with Gasteiger partial charge in [0.15, 0.2) is 11.5 Å². The molecule has 0 unspecified atom stereocenters. The van der Waals surface area contributed by atoms with Crippen LogP contribution in [0.15, 0.2) is 41.3 Å². The second-order valence-corrected chi connectivity index (χ2v) is 8.91. The average Bonchev–Trinajstić information content (AvgIpc) is 3.01. The molecule has 1 atom stereocenters. The van der Waals surface area contributed by atoms with Gasteiger partial charge in [-0.3, -0.25) is 9.59 Å². The molecular weight excluding hydrogens is 400 g/mol. The van der Waals surface area contributed by atoms with Gasteiger partial charge >= 0.3 is 0 Å². The number of fused-ring (bicyclic) bond motifs is 2. The van der Waals surface area contributed by atoms with Crippen LogP contribution in [0.1, 0.15) is 47.6 Å². The molecule has 2 amide bonds. The number of likely N-dealkylation sites (tertiary alicyclic amines) is 1. The van der Waals surface area contributed by atoms with E-state index >= 15 is 0 Å². The standard InChI is InChI=1S/C23H24N2O4S/c26-22-8-12-30-21-7-5-16(13-17(21)24-22)23(27)25-9-1-3-18(25)15-4-6-19-20(14-15)29-11-2-10-28-19/h4-7,13-14,18H,1-3,8-12H2,(H,24,26)/t18-/m1/s1. The molecule has 0 bridgehead atoms. The molecule has 0 saturated carbocycles. The fraction of sp³-hybridized carbons (Fsp3) is 0.391. The molecule has 3 heterocycles. The predicted octanol–water partition coefficient (Wildman–Crippen LogP) is 4.26. The first-order chi connectivity index (χ1) is 14.7. The van der Waals surface area contributed by atoms with Crippen molar-refractivity contribution in [2.45, 2.75) is 36.6 Å². The largest absolute Gasteiger partial charge is 0.490 e. The van der Waals surface area contributed by atoms with Crippen molar-refractivity contribution in [3.63, 3.8) is 0 Å². The number of hydrogen-bond donors (Lipinski definition) is 1. The van der Waals surface area contributed by atoms with Crippen molar-refractivity contribution in [1.29, 1.82) is 0 Å². The zero-order chi connectivity index (χ0) is 20.5. The molecule has 30 heavy (non-hydrogen) atoms. The van der Waals surface area contributed by atoms with Gasteiger partial charge in [0.25, 0.3) is 5.91 Å².